The molecule has 0 saturated heterocycles. The number of para-hydroxylation sites is 1. The lowest BCUT2D eigenvalue weighted by atomic mass is 9.98. The Balaban J connectivity index is 2.11. The number of benzene rings is 1. The van der Waals surface area contributed by atoms with Gasteiger partial charge in [-0.05, 0) is 19.0 Å². The minimum atomic E-state index is -4.33. The molecule has 0 bridgehead atoms. The Morgan fingerprint density at radius 2 is 2.10 bits per heavy atom. The fraction of sp³-hybridized carbons (Fsp3) is 0.571. The van der Waals surface area contributed by atoms with Crippen LogP contribution in [0.15, 0.2) is 24.3 Å². The smallest absolute Gasteiger partial charge is 0.411 e. The van der Waals surface area contributed by atoms with Gasteiger partial charge in [0.25, 0.3) is 0 Å². The molecule has 0 radical (unpaired) electrons. The molecule has 20 heavy (non-hydrogen) atoms. The Labute approximate surface area is 116 Å². The van der Waals surface area contributed by atoms with Crippen LogP contribution in [0.2, 0.25) is 0 Å². The molecule has 1 aliphatic rings. The summed E-state index contributed by atoms with van der Waals surface area (Å²) in [5, 5.41) is 3.24. The van der Waals surface area contributed by atoms with Crippen LogP contribution in [0.1, 0.15) is 24.9 Å². The van der Waals surface area contributed by atoms with Crippen molar-refractivity contribution in [3.05, 3.63) is 29.8 Å². The van der Waals surface area contributed by atoms with Crippen LogP contribution in [0.4, 0.5) is 13.2 Å². The van der Waals surface area contributed by atoms with Crippen molar-refractivity contribution in [3.8, 4) is 5.75 Å². The maximum atomic E-state index is 12.3. The molecule has 0 fully saturated rings. The summed E-state index contributed by atoms with van der Waals surface area (Å²) >= 11 is 0. The zero-order chi connectivity index (χ0) is 14.6. The molecular weight excluding hydrogens is 271 g/mol. The van der Waals surface area contributed by atoms with Gasteiger partial charge in [-0.2, -0.15) is 13.2 Å². The number of rotatable bonds is 5. The first kappa shape index (κ1) is 15.1. The Hall–Kier alpha value is -1.27. The van der Waals surface area contributed by atoms with E-state index >= 15 is 0 Å². The van der Waals surface area contributed by atoms with Gasteiger partial charge < -0.3 is 14.8 Å². The zero-order valence-electron chi connectivity index (χ0n) is 11.2. The topological polar surface area (TPSA) is 30.5 Å². The number of hydrogen-bond donors (Lipinski definition) is 1. The molecule has 1 N–H and O–H groups in total. The maximum absolute atomic E-state index is 12.3. The third kappa shape index (κ3) is 3.86. The summed E-state index contributed by atoms with van der Waals surface area (Å²) in [5.74, 6) is 0.702. The van der Waals surface area contributed by atoms with Crippen LogP contribution in [-0.2, 0) is 4.74 Å². The first-order chi connectivity index (χ1) is 9.51. The summed E-state index contributed by atoms with van der Waals surface area (Å²) in [6, 6.07) is 7.07. The Morgan fingerprint density at radius 3 is 2.80 bits per heavy atom. The second-order valence-corrected chi connectivity index (χ2v) is 4.75. The van der Waals surface area contributed by atoms with Crippen molar-refractivity contribution >= 4 is 0 Å². The van der Waals surface area contributed by atoms with Crippen molar-refractivity contribution < 1.29 is 22.6 Å². The Bertz CT molecular complexity index is 437. The van der Waals surface area contributed by atoms with Gasteiger partial charge in [0.1, 0.15) is 25.1 Å². The van der Waals surface area contributed by atoms with Crippen LogP contribution in [0, 0.1) is 0 Å². The van der Waals surface area contributed by atoms with E-state index in [4.69, 9.17) is 9.47 Å². The highest BCUT2D eigenvalue weighted by molar-refractivity contribution is 5.38. The minimum Gasteiger partial charge on any atom is -0.490 e. The molecule has 0 spiro atoms. The Morgan fingerprint density at radius 1 is 1.35 bits per heavy atom. The van der Waals surface area contributed by atoms with E-state index in [0.29, 0.717) is 12.3 Å². The van der Waals surface area contributed by atoms with Crippen molar-refractivity contribution in [2.45, 2.75) is 31.7 Å². The summed E-state index contributed by atoms with van der Waals surface area (Å²) in [7, 11) is 0. The predicted molar refractivity (Wildman–Crippen MR) is 68.8 cm³/mol. The average Bonchev–Trinajstić information content (AvgIpc) is 2.42. The highest BCUT2D eigenvalue weighted by atomic mass is 19.4. The SMILES string of the molecule is CCCNC1c2ccccc2OCC1OCC(F)(F)F. The van der Waals surface area contributed by atoms with Crippen molar-refractivity contribution in [3.63, 3.8) is 0 Å². The van der Waals surface area contributed by atoms with Crippen LogP contribution < -0.4 is 10.1 Å². The van der Waals surface area contributed by atoms with Gasteiger partial charge in [-0.1, -0.05) is 25.1 Å². The van der Waals surface area contributed by atoms with Crippen LogP contribution >= 0.6 is 0 Å². The summed E-state index contributed by atoms with van der Waals surface area (Å²) < 4.78 is 47.4. The highest BCUT2D eigenvalue weighted by Crippen LogP contribution is 2.33. The maximum Gasteiger partial charge on any atom is 0.411 e. The molecule has 0 aliphatic carbocycles. The molecule has 2 rings (SSSR count). The lowest BCUT2D eigenvalue weighted by Crippen LogP contribution is -2.42. The van der Waals surface area contributed by atoms with Crippen LogP contribution in [0.3, 0.4) is 0 Å². The average molecular weight is 289 g/mol. The van der Waals surface area contributed by atoms with Crippen LogP contribution in [0.5, 0.6) is 5.75 Å². The molecule has 2 unspecified atom stereocenters. The van der Waals surface area contributed by atoms with Crippen molar-refractivity contribution in [1.29, 1.82) is 0 Å². The molecular formula is C14H18F3NO2. The highest BCUT2D eigenvalue weighted by Gasteiger charge is 2.35. The van der Waals surface area contributed by atoms with Crippen molar-refractivity contribution in [2.75, 3.05) is 19.8 Å². The van der Waals surface area contributed by atoms with Crippen molar-refractivity contribution in [1.82, 2.24) is 5.32 Å². The quantitative estimate of drug-likeness (QED) is 0.903. The predicted octanol–water partition coefficient (Wildman–Crippen LogP) is 3.07. The molecule has 3 nitrogen and oxygen atoms in total. The van der Waals surface area contributed by atoms with E-state index in [0.717, 1.165) is 12.0 Å². The lowest BCUT2D eigenvalue weighted by Gasteiger charge is -2.34. The summed E-state index contributed by atoms with van der Waals surface area (Å²) in [6.45, 7) is 1.58. The largest absolute Gasteiger partial charge is 0.490 e. The summed E-state index contributed by atoms with van der Waals surface area (Å²) in [4.78, 5) is 0. The number of ether oxygens (including phenoxy) is 2. The molecule has 0 aromatic heterocycles. The molecule has 6 heteroatoms. The minimum absolute atomic E-state index is 0.120. The van der Waals surface area contributed by atoms with E-state index in [1.807, 2.05) is 31.2 Å². The number of fused-ring (bicyclic) bond motifs is 1. The number of nitrogens with one attached hydrogen (secondary N) is 1. The van der Waals surface area contributed by atoms with Gasteiger partial charge in [-0.25, -0.2) is 0 Å². The van der Waals surface area contributed by atoms with Gasteiger partial charge in [-0.3, -0.25) is 0 Å². The number of halogens is 3. The third-order valence-electron chi connectivity index (χ3n) is 3.10. The molecule has 0 saturated carbocycles. The molecule has 112 valence electrons. The van der Waals surface area contributed by atoms with Gasteiger partial charge in [0, 0.05) is 5.56 Å². The molecule has 0 amide bonds. The second kappa shape index (κ2) is 6.45. The van der Waals surface area contributed by atoms with E-state index in [1.54, 1.807) is 0 Å². The van der Waals surface area contributed by atoms with E-state index in [9.17, 15) is 13.2 Å². The molecule has 1 aliphatic heterocycles. The molecule has 2 atom stereocenters. The molecule has 1 heterocycles. The van der Waals surface area contributed by atoms with Gasteiger partial charge in [0.05, 0.1) is 6.04 Å². The fourth-order valence-corrected chi connectivity index (χ4v) is 2.22. The summed E-state index contributed by atoms with van der Waals surface area (Å²) in [5.41, 5.74) is 0.847. The zero-order valence-corrected chi connectivity index (χ0v) is 11.2. The first-order valence-corrected chi connectivity index (χ1v) is 6.64. The standard InChI is InChI=1S/C14H18F3NO2/c1-2-7-18-13-10-5-3-4-6-11(10)19-8-12(13)20-9-14(15,16)17/h3-6,12-13,18H,2,7-9H2,1H3. The van der Waals surface area contributed by atoms with E-state index in [-0.39, 0.29) is 12.6 Å². The second-order valence-electron chi connectivity index (χ2n) is 4.75. The van der Waals surface area contributed by atoms with E-state index in [2.05, 4.69) is 5.32 Å². The van der Waals surface area contributed by atoms with Gasteiger partial charge in [-0.15, -0.1) is 0 Å². The lowest BCUT2D eigenvalue weighted by molar-refractivity contribution is -0.192. The monoisotopic (exact) mass is 289 g/mol. The van der Waals surface area contributed by atoms with E-state index < -0.39 is 18.9 Å². The van der Waals surface area contributed by atoms with Gasteiger partial charge >= 0.3 is 6.18 Å². The summed E-state index contributed by atoms with van der Waals surface area (Å²) in [6.07, 6.45) is -4.07. The van der Waals surface area contributed by atoms with E-state index in [1.165, 1.54) is 0 Å². The molecule has 1 aromatic rings. The number of hydrogen-bond acceptors (Lipinski definition) is 3. The Kier molecular flexibility index (Phi) is 4.88. The van der Waals surface area contributed by atoms with Gasteiger partial charge in [0.15, 0.2) is 0 Å². The van der Waals surface area contributed by atoms with Crippen LogP contribution in [-0.4, -0.2) is 32.0 Å². The normalized spacial score (nSPS) is 22.2. The number of alkyl halides is 3. The van der Waals surface area contributed by atoms with Crippen molar-refractivity contribution in [2.24, 2.45) is 0 Å². The fourth-order valence-electron chi connectivity index (χ4n) is 2.22. The van der Waals surface area contributed by atoms with Crippen LogP contribution in [0.25, 0.3) is 0 Å². The third-order valence-corrected chi connectivity index (χ3v) is 3.10. The molecule has 1 aromatic carbocycles. The van der Waals surface area contributed by atoms with Gasteiger partial charge in [0.2, 0.25) is 0 Å². The first-order valence-electron chi connectivity index (χ1n) is 6.64.